The number of fused-ring (bicyclic) bond motifs is 2. The van der Waals surface area contributed by atoms with Gasteiger partial charge in [-0.05, 0) is 107 Å². The van der Waals surface area contributed by atoms with Gasteiger partial charge in [0.15, 0.2) is 0 Å². The van der Waals surface area contributed by atoms with Crippen LogP contribution in [-0.4, -0.2) is 26.2 Å². The molecule has 0 saturated heterocycles. The Morgan fingerprint density at radius 2 is 0.724 bits per heavy atom. The van der Waals surface area contributed by atoms with Crippen LogP contribution in [0.1, 0.15) is 24.0 Å². The highest BCUT2D eigenvalue weighted by molar-refractivity contribution is 6.00. The van der Waals surface area contributed by atoms with E-state index in [1.165, 1.54) is 25.0 Å². The molecule has 0 aliphatic carbocycles. The maximum absolute atomic E-state index is 11.8. The molecule has 0 bridgehead atoms. The van der Waals surface area contributed by atoms with E-state index >= 15 is 0 Å². The largest absolute Gasteiger partial charge is 0.469 e. The second-order valence-corrected chi connectivity index (χ2v) is 14.2. The van der Waals surface area contributed by atoms with Crippen molar-refractivity contribution in [3.63, 3.8) is 0 Å². The molecule has 0 spiro atoms. The Morgan fingerprint density at radius 3 is 1.09 bits per heavy atom. The molecule has 6 nitrogen and oxygen atoms in total. The van der Waals surface area contributed by atoms with E-state index in [4.69, 9.17) is 9.47 Å². The number of anilines is 6. The maximum atomic E-state index is 11.8. The van der Waals surface area contributed by atoms with Gasteiger partial charge < -0.3 is 19.3 Å². The molecular formula is C52H44N2O4. The van der Waals surface area contributed by atoms with E-state index in [-0.39, 0.29) is 11.9 Å². The topological polar surface area (TPSA) is 59.1 Å². The second kappa shape index (κ2) is 17.3. The van der Waals surface area contributed by atoms with Crippen LogP contribution in [0.3, 0.4) is 0 Å². The van der Waals surface area contributed by atoms with Crippen molar-refractivity contribution in [2.75, 3.05) is 24.0 Å². The van der Waals surface area contributed by atoms with E-state index in [0.29, 0.717) is 25.7 Å². The zero-order valence-electron chi connectivity index (χ0n) is 32.7. The van der Waals surface area contributed by atoms with Crippen LogP contribution < -0.4 is 9.80 Å². The molecule has 8 aromatic rings. The van der Waals surface area contributed by atoms with Gasteiger partial charge in [-0.25, -0.2) is 0 Å². The van der Waals surface area contributed by atoms with Gasteiger partial charge in [0, 0.05) is 46.4 Å². The zero-order chi connectivity index (χ0) is 39.8. The molecule has 0 aliphatic heterocycles. The molecule has 0 atom stereocenters. The first-order valence-electron chi connectivity index (χ1n) is 19.6. The summed E-state index contributed by atoms with van der Waals surface area (Å²) in [7, 11) is 2.85. The number of esters is 2. The van der Waals surface area contributed by atoms with Crippen LogP contribution in [0, 0.1) is 0 Å². The molecule has 0 saturated carbocycles. The molecule has 0 heterocycles. The molecule has 0 aromatic heterocycles. The second-order valence-electron chi connectivity index (χ2n) is 14.2. The highest BCUT2D eigenvalue weighted by Crippen LogP contribution is 2.42. The van der Waals surface area contributed by atoms with E-state index in [1.807, 2.05) is 0 Å². The fourth-order valence-corrected chi connectivity index (χ4v) is 7.59. The van der Waals surface area contributed by atoms with Gasteiger partial charge in [-0.1, -0.05) is 121 Å². The molecule has 0 N–H and O–H groups in total. The number of aryl methyl sites for hydroxylation is 2. The molecule has 0 amide bonds. The smallest absolute Gasteiger partial charge is 0.305 e. The number of hydrogen-bond acceptors (Lipinski definition) is 6. The van der Waals surface area contributed by atoms with Gasteiger partial charge in [-0.2, -0.15) is 0 Å². The summed E-state index contributed by atoms with van der Waals surface area (Å²) in [6.45, 7) is 0. The normalized spacial score (nSPS) is 11.0. The third kappa shape index (κ3) is 8.18. The molecule has 0 fully saturated rings. The molecule has 0 radical (unpaired) electrons. The molecule has 286 valence electrons. The summed E-state index contributed by atoms with van der Waals surface area (Å²) in [5.41, 5.74) is 10.7. The molecule has 0 aliphatic rings. The lowest BCUT2D eigenvalue weighted by atomic mass is 10.0. The minimum Gasteiger partial charge on any atom is -0.469 e. The van der Waals surface area contributed by atoms with Gasteiger partial charge in [0.1, 0.15) is 0 Å². The summed E-state index contributed by atoms with van der Waals surface area (Å²) in [6, 6.07) is 64.1. The van der Waals surface area contributed by atoms with Crippen LogP contribution in [0.2, 0.25) is 0 Å². The summed E-state index contributed by atoms with van der Waals surface area (Å²) in [5, 5.41) is 4.66. The number of nitrogens with zero attached hydrogens (tertiary/aromatic N) is 2. The lowest BCUT2D eigenvalue weighted by Gasteiger charge is -2.28. The summed E-state index contributed by atoms with van der Waals surface area (Å²) >= 11 is 0. The minimum atomic E-state index is -0.210. The summed E-state index contributed by atoms with van der Waals surface area (Å²) < 4.78 is 9.71. The van der Waals surface area contributed by atoms with Crippen LogP contribution in [0.15, 0.2) is 182 Å². The van der Waals surface area contributed by atoms with Crippen LogP contribution >= 0.6 is 0 Å². The average molecular weight is 761 g/mol. The molecule has 8 rings (SSSR count). The Morgan fingerprint density at radius 1 is 0.397 bits per heavy atom. The van der Waals surface area contributed by atoms with Crippen LogP contribution in [-0.2, 0) is 31.9 Å². The maximum Gasteiger partial charge on any atom is 0.305 e. The van der Waals surface area contributed by atoms with Crippen LogP contribution in [0.5, 0.6) is 0 Å². The predicted octanol–water partition coefficient (Wildman–Crippen LogP) is 12.8. The first-order chi connectivity index (χ1) is 28.5. The van der Waals surface area contributed by atoms with Gasteiger partial charge in [0.05, 0.1) is 25.6 Å². The summed E-state index contributed by atoms with van der Waals surface area (Å²) in [6.07, 6.45) is 1.94. The van der Waals surface area contributed by atoms with Crippen molar-refractivity contribution < 1.29 is 19.1 Å². The Labute approximate surface area is 339 Å². The highest BCUT2D eigenvalue weighted by Gasteiger charge is 2.18. The predicted molar refractivity (Wildman–Crippen MR) is 237 cm³/mol. The Balaban J connectivity index is 1.12. The Hall–Kier alpha value is -7.18. The fourth-order valence-electron chi connectivity index (χ4n) is 7.59. The van der Waals surface area contributed by atoms with Gasteiger partial charge in [-0.3, -0.25) is 9.59 Å². The third-order valence-corrected chi connectivity index (χ3v) is 10.7. The number of benzene rings is 8. The van der Waals surface area contributed by atoms with E-state index in [2.05, 4.69) is 192 Å². The van der Waals surface area contributed by atoms with E-state index < -0.39 is 0 Å². The number of carbonyl (C=O) groups is 2. The standard InChI is InChI=1S/C52H44N2O4/c1-57-51(55)35-21-37-17-27-43(28-18-37)53(49-15-7-11-41-9-3-5-13-47(41)49)45-31-23-39(24-32-45)40-25-33-46(34-26-40)54(50-16-8-12-42-10-4-6-14-48(42)50)44-29-19-38(20-30-44)22-36-52(56)58-2/h3-20,23-34H,21-22,35-36H2,1-2H3. The minimum absolute atomic E-state index is 0.210. The van der Waals surface area contributed by atoms with Crippen LogP contribution in [0.4, 0.5) is 34.1 Å². The lowest BCUT2D eigenvalue weighted by molar-refractivity contribution is -0.141. The van der Waals surface area contributed by atoms with Crippen molar-refractivity contribution in [2.45, 2.75) is 25.7 Å². The monoisotopic (exact) mass is 760 g/mol. The Bertz CT molecular complexity index is 2470. The number of ether oxygens (including phenoxy) is 2. The average Bonchev–Trinajstić information content (AvgIpc) is 3.29. The molecule has 0 unspecified atom stereocenters. The quantitative estimate of drug-likeness (QED) is 0.109. The van der Waals surface area contributed by atoms with Gasteiger partial charge in [0.25, 0.3) is 0 Å². The molecule has 58 heavy (non-hydrogen) atoms. The first kappa shape index (κ1) is 37.7. The highest BCUT2D eigenvalue weighted by atomic mass is 16.5. The van der Waals surface area contributed by atoms with Gasteiger partial charge in [0.2, 0.25) is 0 Å². The van der Waals surface area contributed by atoms with Gasteiger partial charge in [-0.15, -0.1) is 0 Å². The number of methoxy groups -OCH3 is 2. The summed E-state index contributed by atoms with van der Waals surface area (Å²) in [4.78, 5) is 28.2. The van der Waals surface area contributed by atoms with Crippen molar-refractivity contribution >= 4 is 67.6 Å². The Kier molecular flexibility index (Phi) is 11.3. The van der Waals surface area contributed by atoms with Gasteiger partial charge >= 0.3 is 11.9 Å². The SMILES string of the molecule is COC(=O)CCc1ccc(N(c2ccc(-c3ccc(N(c4ccc(CCC(=O)OC)cc4)c4cccc5ccccc45)cc3)cc2)c2cccc3ccccc23)cc1. The number of carbonyl (C=O) groups excluding carboxylic acids is 2. The zero-order valence-corrected chi connectivity index (χ0v) is 32.7. The third-order valence-electron chi connectivity index (χ3n) is 10.7. The van der Waals surface area contributed by atoms with E-state index in [1.54, 1.807) is 0 Å². The molecule has 8 aromatic carbocycles. The van der Waals surface area contributed by atoms with Crippen molar-refractivity contribution in [1.29, 1.82) is 0 Å². The molecular weight excluding hydrogens is 717 g/mol. The first-order valence-corrected chi connectivity index (χ1v) is 19.6. The van der Waals surface area contributed by atoms with E-state index in [0.717, 1.165) is 67.2 Å². The van der Waals surface area contributed by atoms with Crippen molar-refractivity contribution in [2.24, 2.45) is 0 Å². The number of rotatable bonds is 13. The van der Waals surface area contributed by atoms with E-state index in [9.17, 15) is 9.59 Å². The van der Waals surface area contributed by atoms with Crippen molar-refractivity contribution in [3.05, 3.63) is 193 Å². The molecule has 6 heteroatoms. The number of hydrogen-bond donors (Lipinski definition) is 0. The van der Waals surface area contributed by atoms with Crippen molar-refractivity contribution in [1.82, 2.24) is 0 Å². The lowest BCUT2D eigenvalue weighted by Crippen LogP contribution is -2.11. The fraction of sp³-hybridized carbons (Fsp3) is 0.115. The van der Waals surface area contributed by atoms with Crippen molar-refractivity contribution in [3.8, 4) is 11.1 Å². The van der Waals surface area contributed by atoms with Crippen LogP contribution in [0.25, 0.3) is 32.7 Å². The summed E-state index contributed by atoms with van der Waals surface area (Å²) in [5.74, 6) is -0.420.